The molecule has 1 aliphatic heterocycles. The molecule has 2 atom stereocenters. The van der Waals surface area contributed by atoms with E-state index < -0.39 is 5.97 Å². The predicted molar refractivity (Wildman–Crippen MR) is 102 cm³/mol. The lowest BCUT2D eigenvalue weighted by Gasteiger charge is -2.23. The molecular weight excluding hydrogens is 363 g/mol. The second kappa shape index (κ2) is 9.43. The van der Waals surface area contributed by atoms with Crippen molar-refractivity contribution in [1.29, 1.82) is 0 Å². The highest BCUT2D eigenvalue weighted by molar-refractivity contribution is 6.35. The van der Waals surface area contributed by atoms with Crippen LogP contribution in [-0.2, 0) is 16.0 Å². The van der Waals surface area contributed by atoms with Crippen LogP contribution >= 0.6 is 0 Å². The summed E-state index contributed by atoms with van der Waals surface area (Å²) >= 11 is 0. The summed E-state index contributed by atoms with van der Waals surface area (Å²) in [6, 6.07) is 3.36. The largest absolute Gasteiger partial charge is 0.481 e. The number of anilines is 1. The van der Waals surface area contributed by atoms with Crippen LogP contribution in [-0.4, -0.2) is 45.7 Å². The minimum atomic E-state index is -0.740. The first-order valence-electron chi connectivity index (χ1n) is 9.45. The van der Waals surface area contributed by atoms with Crippen molar-refractivity contribution in [2.24, 2.45) is 5.92 Å². The molecule has 0 aliphatic carbocycles. The molecule has 2 aromatic rings. The zero-order valence-electron chi connectivity index (χ0n) is 15.8. The lowest BCUT2D eigenvalue weighted by atomic mass is 9.62. The number of rotatable bonds is 7. The van der Waals surface area contributed by atoms with Crippen molar-refractivity contribution in [2.45, 2.75) is 57.8 Å². The molecule has 0 bridgehead atoms. The normalized spacial score (nSPS) is 19.9. The van der Waals surface area contributed by atoms with E-state index in [1.165, 1.54) is 0 Å². The average molecular weight is 387 g/mol. The number of nitrogens with zero attached hydrogens (tertiary/aromatic N) is 2. The number of aromatic amines is 1. The number of hydrogen-bond donors (Lipinski definition) is 3. The Hall–Kier alpha value is -2.78. The molecule has 1 fully saturated rings. The summed E-state index contributed by atoms with van der Waals surface area (Å²) in [5.74, 6) is 0.599. The predicted octanol–water partition coefficient (Wildman–Crippen LogP) is 2.45. The Morgan fingerprint density at radius 1 is 1.39 bits per heavy atom. The Morgan fingerprint density at radius 3 is 3.00 bits per heavy atom. The third-order valence-electron chi connectivity index (χ3n) is 4.66. The van der Waals surface area contributed by atoms with Crippen molar-refractivity contribution < 1.29 is 24.0 Å². The van der Waals surface area contributed by atoms with Crippen LogP contribution in [0.1, 0.15) is 37.1 Å². The van der Waals surface area contributed by atoms with Crippen molar-refractivity contribution in [3.63, 3.8) is 0 Å². The summed E-state index contributed by atoms with van der Waals surface area (Å²) in [6.07, 6.45) is 4.47. The molecule has 1 saturated heterocycles. The number of carbonyl (C=O) groups excluding carboxylic acids is 1. The molecule has 9 nitrogen and oxygen atoms in total. The van der Waals surface area contributed by atoms with Crippen LogP contribution in [0.3, 0.4) is 0 Å². The van der Waals surface area contributed by atoms with Crippen LogP contribution in [0.15, 0.2) is 16.7 Å². The number of aryl methyl sites for hydroxylation is 1. The molecule has 1 unspecified atom stereocenters. The fraction of sp³-hybridized carbons (Fsp3) is 0.556. The molecular formula is C18H24BN4O5. The summed E-state index contributed by atoms with van der Waals surface area (Å²) < 4.78 is 11.0. The number of aromatic nitrogens is 3. The van der Waals surface area contributed by atoms with E-state index in [0.717, 1.165) is 37.6 Å². The first-order valence-corrected chi connectivity index (χ1v) is 9.45. The lowest BCUT2D eigenvalue weighted by molar-refractivity contribution is -0.138. The van der Waals surface area contributed by atoms with Crippen molar-refractivity contribution >= 4 is 25.0 Å². The number of hydrogen-bond acceptors (Lipinski definition) is 6. The van der Waals surface area contributed by atoms with Crippen LogP contribution in [0.4, 0.5) is 5.82 Å². The molecule has 149 valence electrons. The van der Waals surface area contributed by atoms with Gasteiger partial charge < -0.3 is 19.7 Å². The van der Waals surface area contributed by atoms with E-state index in [2.05, 4.69) is 28.0 Å². The van der Waals surface area contributed by atoms with Gasteiger partial charge in [-0.15, -0.1) is 5.10 Å². The van der Waals surface area contributed by atoms with E-state index in [9.17, 15) is 9.59 Å². The number of carboxylic acids is 1. The van der Waals surface area contributed by atoms with Crippen molar-refractivity contribution in [3.8, 4) is 5.88 Å². The molecule has 2 aromatic heterocycles. The van der Waals surface area contributed by atoms with Gasteiger partial charge in [0.05, 0.1) is 18.2 Å². The number of carbonyl (C=O) groups is 2. The van der Waals surface area contributed by atoms with Gasteiger partial charge >= 0.3 is 5.97 Å². The molecule has 28 heavy (non-hydrogen) atoms. The second-order valence-electron chi connectivity index (χ2n) is 7.17. The first kappa shape index (κ1) is 20.0. The van der Waals surface area contributed by atoms with E-state index in [0.29, 0.717) is 17.5 Å². The number of carboxylic acid groups (broad SMARTS) is 1. The van der Waals surface area contributed by atoms with Gasteiger partial charge in [0, 0.05) is 18.6 Å². The van der Waals surface area contributed by atoms with Gasteiger partial charge in [0.1, 0.15) is 18.9 Å². The van der Waals surface area contributed by atoms with E-state index in [1.54, 1.807) is 19.1 Å². The summed E-state index contributed by atoms with van der Waals surface area (Å²) in [5.41, 5.74) is 0.727. The maximum absolute atomic E-state index is 12.0. The van der Waals surface area contributed by atoms with E-state index in [4.69, 9.17) is 14.4 Å². The molecule has 1 amide bonds. The van der Waals surface area contributed by atoms with E-state index in [1.807, 2.05) is 0 Å². The molecule has 0 saturated carbocycles. The minimum absolute atomic E-state index is 0.00482. The van der Waals surface area contributed by atoms with Gasteiger partial charge in [0.25, 0.3) is 0 Å². The van der Waals surface area contributed by atoms with Crippen LogP contribution in [0, 0.1) is 12.8 Å². The smallest absolute Gasteiger partial charge is 0.303 e. The topological polar surface area (TPSA) is 130 Å². The van der Waals surface area contributed by atoms with Gasteiger partial charge in [0.15, 0.2) is 0 Å². The molecule has 3 rings (SSSR count). The van der Waals surface area contributed by atoms with Gasteiger partial charge in [-0.2, -0.15) is 0 Å². The SMILES string of the molecule is Cc1cc(CC(=O)Nc2cc(OC3C[B]C[C@@H](CC(=O)O)CCC3)n[nH]2)on1. The van der Waals surface area contributed by atoms with E-state index in [-0.39, 0.29) is 30.8 Å². The standard InChI is InChI=1S/C18H24BN4O5/c1-11-5-14(28-23-11)7-16(24)20-15-8-17(22-21-15)27-13-4-2-3-12(6-18(25)26)9-19-10-13/h5,8,12-13H,2-4,6-7,9-10H2,1H3,(H,25,26)(H2,20,21,22,24)/t12-,13?/m1/s1. The summed E-state index contributed by atoms with van der Waals surface area (Å²) in [6.45, 7) is 1.79. The number of amides is 1. The van der Waals surface area contributed by atoms with Gasteiger partial charge in [-0.25, -0.2) is 0 Å². The molecule has 1 aliphatic rings. The maximum Gasteiger partial charge on any atom is 0.303 e. The monoisotopic (exact) mass is 387 g/mol. The Labute approximate surface area is 163 Å². The molecule has 10 heteroatoms. The number of ether oxygens (including phenoxy) is 1. The second-order valence-corrected chi connectivity index (χ2v) is 7.17. The third kappa shape index (κ3) is 6.14. The Bertz CT molecular complexity index is 796. The third-order valence-corrected chi connectivity index (χ3v) is 4.66. The summed E-state index contributed by atoms with van der Waals surface area (Å²) in [4.78, 5) is 22.9. The Kier molecular flexibility index (Phi) is 6.73. The van der Waals surface area contributed by atoms with Crippen molar-refractivity contribution in [2.75, 3.05) is 5.32 Å². The van der Waals surface area contributed by atoms with Gasteiger partial charge in [-0.3, -0.25) is 14.7 Å². The highest BCUT2D eigenvalue weighted by Crippen LogP contribution is 2.25. The van der Waals surface area contributed by atoms with Crippen LogP contribution < -0.4 is 10.1 Å². The minimum Gasteiger partial charge on any atom is -0.481 e. The Balaban J connectivity index is 1.45. The first-order chi connectivity index (χ1) is 13.5. The number of nitrogens with one attached hydrogen (secondary N) is 2. The summed E-state index contributed by atoms with van der Waals surface area (Å²) in [7, 11) is 2.10. The fourth-order valence-corrected chi connectivity index (χ4v) is 3.38. The highest BCUT2D eigenvalue weighted by atomic mass is 16.5. The zero-order chi connectivity index (χ0) is 19.9. The average Bonchev–Trinajstić information content (AvgIpc) is 3.20. The molecule has 1 radical (unpaired) electrons. The van der Waals surface area contributed by atoms with Crippen molar-refractivity contribution in [1.82, 2.24) is 15.4 Å². The van der Waals surface area contributed by atoms with Crippen LogP contribution in [0.5, 0.6) is 5.88 Å². The molecule has 3 heterocycles. The zero-order valence-corrected chi connectivity index (χ0v) is 15.8. The number of aliphatic carboxylic acids is 1. The highest BCUT2D eigenvalue weighted by Gasteiger charge is 2.21. The van der Waals surface area contributed by atoms with Gasteiger partial charge in [-0.1, -0.05) is 17.9 Å². The van der Waals surface area contributed by atoms with Gasteiger partial charge in [0.2, 0.25) is 11.8 Å². The Morgan fingerprint density at radius 2 is 2.25 bits per heavy atom. The fourth-order valence-electron chi connectivity index (χ4n) is 3.38. The van der Waals surface area contributed by atoms with E-state index >= 15 is 0 Å². The van der Waals surface area contributed by atoms with Gasteiger partial charge in [-0.05, 0) is 32.0 Å². The molecule has 0 spiro atoms. The lowest BCUT2D eigenvalue weighted by Crippen LogP contribution is -2.23. The molecule has 0 aromatic carbocycles. The van der Waals surface area contributed by atoms with Crippen LogP contribution in [0.2, 0.25) is 12.6 Å². The maximum atomic E-state index is 12.0. The quantitative estimate of drug-likeness (QED) is 0.622. The van der Waals surface area contributed by atoms with Crippen LogP contribution in [0.25, 0.3) is 0 Å². The van der Waals surface area contributed by atoms with Crippen molar-refractivity contribution in [3.05, 3.63) is 23.6 Å². The number of H-pyrrole nitrogens is 1. The molecule has 3 N–H and O–H groups in total. The summed E-state index contributed by atoms with van der Waals surface area (Å²) in [5, 5.41) is 22.2.